The zero-order valence-electron chi connectivity index (χ0n) is 23.6. The number of hydrogen-bond donors (Lipinski definition) is 0. The van der Waals surface area contributed by atoms with Gasteiger partial charge in [0.05, 0.1) is 41.4 Å². The molecular weight excluding hydrogens is 420 g/mol. The summed E-state index contributed by atoms with van der Waals surface area (Å²) in [5, 5.41) is 0. The first-order chi connectivity index (χ1) is 13.7. The van der Waals surface area contributed by atoms with Gasteiger partial charge in [-0.3, -0.25) is 0 Å². The maximum atomic E-state index is 6.55. The molecule has 0 aliphatic carbocycles. The average molecular weight is 477 g/mol. The van der Waals surface area contributed by atoms with Gasteiger partial charge in [-0.25, -0.2) is 0 Å². The number of ether oxygens (including phenoxy) is 4. The second-order valence-corrected chi connectivity index (χ2v) is 17.5. The van der Waals surface area contributed by atoms with E-state index in [1.165, 1.54) is 18.5 Å². The Morgan fingerprint density at radius 1 is 0.452 bits per heavy atom. The predicted molar refractivity (Wildman–Crippen MR) is 141 cm³/mol. The molecule has 0 aromatic heterocycles. The summed E-state index contributed by atoms with van der Waals surface area (Å²) in [5.41, 5.74) is -1.63. The summed E-state index contributed by atoms with van der Waals surface area (Å²) >= 11 is 0. The Hall–Kier alpha value is 0.274. The van der Waals surface area contributed by atoms with Crippen LogP contribution in [0.3, 0.4) is 0 Å². The third kappa shape index (κ3) is 14.9. The van der Waals surface area contributed by atoms with E-state index >= 15 is 0 Å². The quantitative estimate of drug-likeness (QED) is 0.198. The molecule has 0 aromatic rings. The van der Waals surface area contributed by atoms with Crippen molar-refractivity contribution in [2.24, 2.45) is 0 Å². The van der Waals surface area contributed by atoms with Crippen molar-refractivity contribution in [3.63, 3.8) is 0 Å². The Balaban J connectivity index is 5.16. The normalized spacial score (nSPS) is 15.7. The van der Waals surface area contributed by atoms with Gasteiger partial charge in [0.25, 0.3) is 0 Å². The first-order valence-corrected chi connectivity index (χ1v) is 15.9. The fourth-order valence-corrected chi connectivity index (χ4v) is 9.92. The molecular formula is C25H56O4Si2. The summed E-state index contributed by atoms with van der Waals surface area (Å²) in [6.07, 6.45) is 3.03. The van der Waals surface area contributed by atoms with Crippen molar-refractivity contribution in [2.75, 3.05) is 0 Å². The molecule has 0 atom stereocenters. The van der Waals surface area contributed by atoms with Crippen LogP contribution >= 0.6 is 0 Å². The molecule has 0 unspecified atom stereocenters. The Bertz CT molecular complexity index is 430. The Morgan fingerprint density at radius 2 is 0.677 bits per heavy atom. The molecule has 0 radical (unpaired) electrons. The molecule has 0 spiro atoms. The highest BCUT2D eigenvalue weighted by Gasteiger charge is 2.40. The van der Waals surface area contributed by atoms with Crippen LogP contribution < -0.4 is 0 Å². The predicted octanol–water partition coefficient (Wildman–Crippen LogP) is 5.94. The molecule has 31 heavy (non-hydrogen) atoms. The zero-order valence-corrected chi connectivity index (χ0v) is 26.4. The van der Waals surface area contributed by atoms with Crippen LogP contribution in [0, 0.1) is 0 Å². The molecule has 0 saturated carbocycles. The summed E-state index contributed by atoms with van der Waals surface area (Å²) in [6.45, 7) is 30.0. The van der Waals surface area contributed by atoms with E-state index in [0.717, 1.165) is 12.8 Å². The average Bonchev–Trinajstić information content (AvgIpc) is 2.47. The lowest BCUT2D eigenvalue weighted by Gasteiger charge is -2.43. The van der Waals surface area contributed by atoms with E-state index in [1.807, 2.05) is 0 Å². The summed E-state index contributed by atoms with van der Waals surface area (Å²) in [6, 6.07) is 2.44. The van der Waals surface area contributed by atoms with Gasteiger partial charge in [-0.1, -0.05) is 32.4 Å². The minimum atomic E-state index is -0.583. The molecule has 0 aliphatic heterocycles. The maximum absolute atomic E-state index is 6.55. The summed E-state index contributed by atoms with van der Waals surface area (Å²) in [5.74, 6) is 0. The molecule has 0 fully saturated rings. The van der Waals surface area contributed by atoms with Gasteiger partial charge >= 0.3 is 0 Å². The topological polar surface area (TPSA) is 36.9 Å². The van der Waals surface area contributed by atoms with Crippen molar-refractivity contribution in [1.82, 2.24) is 0 Å². The lowest BCUT2D eigenvalue weighted by molar-refractivity contribution is -0.267. The van der Waals surface area contributed by atoms with Crippen LogP contribution in [0.2, 0.25) is 12.1 Å². The van der Waals surface area contributed by atoms with E-state index in [2.05, 4.69) is 96.9 Å². The third-order valence-corrected chi connectivity index (χ3v) is 9.47. The van der Waals surface area contributed by atoms with Crippen molar-refractivity contribution in [1.29, 1.82) is 0 Å². The minimum absolute atomic E-state index is 0.207. The first-order valence-electron chi connectivity index (χ1n) is 12.5. The van der Waals surface area contributed by atoms with E-state index in [0.29, 0.717) is 0 Å². The molecule has 188 valence electrons. The van der Waals surface area contributed by atoms with Crippen molar-refractivity contribution in [2.45, 2.75) is 162 Å². The van der Waals surface area contributed by atoms with Crippen molar-refractivity contribution >= 4 is 19.0 Å². The Morgan fingerprint density at radius 3 is 0.839 bits per heavy atom. The lowest BCUT2D eigenvalue weighted by atomic mass is 10.1. The van der Waals surface area contributed by atoms with Gasteiger partial charge in [0, 0.05) is 0 Å². The highest BCUT2D eigenvalue weighted by molar-refractivity contribution is 6.41. The molecule has 0 saturated heterocycles. The van der Waals surface area contributed by atoms with Crippen LogP contribution in [0.15, 0.2) is 0 Å². The molecule has 0 amide bonds. The van der Waals surface area contributed by atoms with E-state index in [9.17, 15) is 0 Å². The molecule has 4 nitrogen and oxygen atoms in total. The van der Waals surface area contributed by atoms with Crippen LogP contribution in [-0.2, 0) is 18.9 Å². The van der Waals surface area contributed by atoms with Gasteiger partial charge in [0.2, 0.25) is 0 Å². The molecule has 6 heteroatoms. The van der Waals surface area contributed by atoms with Gasteiger partial charge < -0.3 is 18.9 Å². The van der Waals surface area contributed by atoms with Gasteiger partial charge in [-0.05, 0) is 95.9 Å². The number of hydrogen-bond acceptors (Lipinski definition) is 4. The summed E-state index contributed by atoms with van der Waals surface area (Å²) in [4.78, 5) is 0. The summed E-state index contributed by atoms with van der Waals surface area (Å²) in [7, 11) is -1.17. The standard InChI is InChI=1S/C25H56O4Si2/c1-15-24(26-20(3,4)5,27-21(6,7)8)30-18-17-19-31-25(16-2,28-22(9,10)11)29-23(12,13)14/h15-19,30-31H2,1-14H3. The van der Waals surface area contributed by atoms with Crippen molar-refractivity contribution in [3.05, 3.63) is 0 Å². The minimum Gasteiger partial charge on any atom is -0.349 e. The van der Waals surface area contributed by atoms with Crippen LogP contribution in [0.25, 0.3) is 0 Å². The van der Waals surface area contributed by atoms with Crippen molar-refractivity contribution in [3.8, 4) is 0 Å². The summed E-state index contributed by atoms with van der Waals surface area (Å²) < 4.78 is 26.2. The van der Waals surface area contributed by atoms with Crippen LogP contribution in [0.5, 0.6) is 0 Å². The van der Waals surface area contributed by atoms with Crippen LogP contribution in [0.1, 0.15) is 116 Å². The van der Waals surface area contributed by atoms with Crippen LogP contribution in [0.4, 0.5) is 0 Å². The highest BCUT2D eigenvalue weighted by atomic mass is 28.2. The van der Waals surface area contributed by atoms with Gasteiger partial charge in [-0.2, -0.15) is 0 Å². The van der Waals surface area contributed by atoms with Gasteiger partial charge in [-0.15, -0.1) is 0 Å². The van der Waals surface area contributed by atoms with Crippen molar-refractivity contribution < 1.29 is 18.9 Å². The molecule has 0 N–H and O–H groups in total. The Kier molecular flexibility index (Phi) is 11.7. The second-order valence-electron chi connectivity index (χ2n) is 12.9. The van der Waals surface area contributed by atoms with E-state index in [1.54, 1.807) is 0 Å². The molecule has 0 aliphatic rings. The van der Waals surface area contributed by atoms with Crippen LogP contribution in [-0.4, -0.2) is 52.3 Å². The second kappa shape index (κ2) is 11.6. The molecule has 0 rings (SSSR count). The van der Waals surface area contributed by atoms with E-state index in [4.69, 9.17) is 18.9 Å². The monoisotopic (exact) mass is 476 g/mol. The smallest absolute Gasteiger partial charge is 0.146 e. The number of rotatable bonds is 12. The maximum Gasteiger partial charge on any atom is 0.146 e. The van der Waals surface area contributed by atoms with Gasteiger partial charge in [0.1, 0.15) is 10.8 Å². The first kappa shape index (κ1) is 31.3. The van der Waals surface area contributed by atoms with E-state index in [-0.39, 0.29) is 22.4 Å². The highest BCUT2D eigenvalue weighted by Crippen LogP contribution is 2.32. The fourth-order valence-electron chi connectivity index (χ4n) is 4.09. The van der Waals surface area contributed by atoms with Gasteiger partial charge in [0.15, 0.2) is 0 Å². The third-order valence-electron chi connectivity index (χ3n) is 4.66. The largest absolute Gasteiger partial charge is 0.349 e. The van der Waals surface area contributed by atoms with E-state index < -0.39 is 29.9 Å². The molecule has 0 heterocycles. The Labute approximate surface area is 199 Å². The SMILES string of the molecule is CCC(OC(C)(C)C)(OC(C)(C)C)[SiH2]CCC[SiH2]C(CC)(OC(C)(C)C)OC(C)(C)C. The molecule has 0 bridgehead atoms. The molecule has 0 aromatic carbocycles. The fraction of sp³-hybridized carbons (Fsp3) is 1.00. The zero-order chi connectivity index (χ0) is 24.8. The lowest BCUT2D eigenvalue weighted by Crippen LogP contribution is -2.51.